The van der Waals surface area contributed by atoms with Gasteiger partial charge in [-0.2, -0.15) is 18.4 Å². The van der Waals surface area contributed by atoms with Gasteiger partial charge >= 0.3 is 12.2 Å². The van der Waals surface area contributed by atoms with Crippen LogP contribution in [0.25, 0.3) is 0 Å². The third-order valence-corrected chi connectivity index (χ3v) is 7.31. The van der Waals surface area contributed by atoms with Crippen LogP contribution in [0.1, 0.15) is 43.4 Å². The van der Waals surface area contributed by atoms with Crippen molar-refractivity contribution >= 4 is 34.6 Å². The van der Waals surface area contributed by atoms with Crippen LogP contribution in [0.4, 0.5) is 24.5 Å². The number of piperidine rings is 1. The van der Waals surface area contributed by atoms with E-state index in [-0.39, 0.29) is 22.9 Å². The molecule has 0 N–H and O–H groups in total. The molecule has 9 nitrogen and oxygen atoms in total. The van der Waals surface area contributed by atoms with Gasteiger partial charge in [0.1, 0.15) is 17.7 Å². The molecule has 0 unspecified atom stereocenters. The number of thiocarbonyl (C=S) groups is 1. The molecule has 5 rings (SSSR count). The van der Waals surface area contributed by atoms with Crippen molar-refractivity contribution in [2.45, 2.75) is 49.9 Å². The summed E-state index contributed by atoms with van der Waals surface area (Å²) in [6.07, 6.45) is 2.73. The Balaban J connectivity index is 1.43. The van der Waals surface area contributed by atoms with Crippen molar-refractivity contribution in [1.82, 2.24) is 19.9 Å². The molecule has 2 saturated heterocycles. The molecule has 1 aliphatic carbocycles. The van der Waals surface area contributed by atoms with E-state index in [1.807, 2.05) is 0 Å². The first-order chi connectivity index (χ1) is 17.1. The zero-order chi connectivity index (χ0) is 25.7. The number of nitriles is 1. The minimum Gasteiger partial charge on any atom is -0.460 e. The van der Waals surface area contributed by atoms with E-state index in [2.05, 4.69) is 26.9 Å². The highest BCUT2D eigenvalue weighted by molar-refractivity contribution is 7.81. The Kier molecular flexibility index (Phi) is 6.04. The topological polar surface area (TPSA) is 98.5 Å². The van der Waals surface area contributed by atoms with Gasteiger partial charge in [0.2, 0.25) is 0 Å². The Morgan fingerprint density at radius 1 is 1.14 bits per heavy atom. The summed E-state index contributed by atoms with van der Waals surface area (Å²) in [6, 6.07) is 2.40. The number of anilines is 2. The predicted molar refractivity (Wildman–Crippen MR) is 126 cm³/mol. The van der Waals surface area contributed by atoms with E-state index in [1.165, 1.54) is 18.5 Å². The van der Waals surface area contributed by atoms with Crippen LogP contribution in [0.5, 0.6) is 6.01 Å². The van der Waals surface area contributed by atoms with Gasteiger partial charge in [-0.05, 0) is 57.4 Å². The number of likely N-dealkylation sites (tertiary alicyclic amines) is 1. The number of carbonyl (C=O) groups is 1. The first-order valence-electron chi connectivity index (χ1n) is 11.5. The molecule has 0 atom stereocenters. The lowest BCUT2D eigenvalue weighted by Gasteiger charge is -2.42. The Labute approximate surface area is 210 Å². The number of hydrogen-bond acceptors (Lipinski definition) is 8. The molecule has 36 heavy (non-hydrogen) atoms. The molecule has 0 aromatic carbocycles. The van der Waals surface area contributed by atoms with E-state index in [9.17, 15) is 18.0 Å². The molecule has 2 aliphatic heterocycles. The molecule has 4 heterocycles. The van der Waals surface area contributed by atoms with Gasteiger partial charge in [-0.3, -0.25) is 14.6 Å². The minimum absolute atomic E-state index is 0.00641. The van der Waals surface area contributed by atoms with E-state index in [1.54, 1.807) is 4.90 Å². The molecule has 188 valence electrons. The Hall–Kier alpha value is -3.37. The van der Waals surface area contributed by atoms with Crippen molar-refractivity contribution in [2.24, 2.45) is 0 Å². The van der Waals surface area contributed by atoms with Gasteiger partial charge in [-0.25, -0.2) is 15.0 Å². The zero-order valence-corrected chi connectivity index (χ0v) is 20.1. The summed E-state index contributed by atoms with van der Waals surface area (Å²) in [4.78, 5) is 30.7. The maximum Gasteiger partial charge on any atom is 0.419 e. The summed E-state index contributed by atoms with van der Waals surface area (Å²) >= 11 is 5.59. The van der Waals surface area contributed by atoms with Crippen LogP contribution < -0.4 is 14.5 Å². The summed E-state index contributed by atoms with van der Waals surface area (Å²) in [7, 11) is 2.05. The minimum atomic E-state index is -4.82. The molecule has 3 aliphatic rings. The number of ether oxygens (including phenoxy) is 1. The molecule has 2 aromatic rings. The van der Waals surface area contributed by atoms with Crippen molar-refractivity contribution in [1.29, 1.82) is 5.26 Å². The average Bonchev–Trinajstić information content (AvgIpc) is 3.07. The second-order valence-corrected chi connectivity index (χ2v) is 9.55. The van der Waals surface area contributed by atoms with Gasteiger partial charge in [-0.15, -0.1) is 0 Å². The summed E-state index contributed by atoms with van der Waals surface area (Å²) in [5, 5.41) is 9.05. The molecule has 1 spiro atoms. The van der Waals surface area contributed by atoms with Crippen LogP contribution in [-0.4, -0.2) is 62.7 Å². The number of pyridine rings is 1. The van der Waals surface area contributed by atoms with Crippen LogP contribution in [0.3, 0.4) is 0 Å². The fourth-order valence-corrected chi connectivity index (χ4v) is 5.30. The Morgan fingerprint density at radius 2 is 1.78 bits per heavy atom. The molecule has 1 saturated carbocycles. The summed E-state index contributed by atoms with van der Waals surface area (Å²) < 4.78 is 46.5. The van der Waals surface area contributed by atoms with Gasteiger partial charge in [0.15, 0.2) is 10.8 Å². The predicted octanol–water partition coefficient (Wildman–Crippen LogP) is 3.30. The van der Waals surface area contributed by atoms with E-state index in [0.29, 0.717) is 18.5 Å². The molecule has 2 aromatic heterocycles. The first kappa shape index (κ1) is 24.3. The number of amides is 1. The van der Waals surface area contributed by atoms with Gasteiger partial charge in [0.05, 0.1) is 35.5 Å². The lowest BCUT2D eigenvalue weighted by atomic mass is 9.75. The lowest BCUT2D eigenvalue weighted by Crippen LogP contribution is -2.55. The molecule has 0 bridgehead atoms. The van der Waals surface area contributed by atoms with Crippen LogP contribution in [0.15, 0.2) is 24.7 Å². The van der Waals surface area contributed by atoms with Gasteiger partial charge in [0.25, 0.3) is 5.91 Å². The summed E-state index contributed by atoms with van der Waals surface area (Å²) in [6.45, 7) is 1.84. The van der Waals surface area contributed by atoms with E-state index >= 15 is 0 Å². The highest BCUT2D eigenvalue weighted by atomic mass is 32.1. The van der Waals surface area contributed by atoms with Gasteiger partial charge in [-0.1, -0.05) is 0 Å². The monoisotopic (exact) mass is 517 g/mol. The standard InChI is InChI=1S/C23H22F3N7O2S/c1-31-7-3-16(4-8-31)35-20-29-12-15(13-30-20)33-21(36)32(19(34)22(33)5-2-6-22)14-9-17(23(24,25)26)18(10-27)28-11-14/h9,11-13,16H,2-8H2,1H3. The molecular formula is C23H22F3N7O2S. The van der Waals surface area contributed by atoms with E-state index < -0.39 is 28.9 Å². The lowest BCUT2D eigenvalue weighted by molar-refractivity contribution is -0.138. The third-order valence-electron chi connectivity index (χ3n) is 6.95. The molecule has 13 heteroatoms. The van der Waals surface area contributed by atoms with Crippen molar-refractivity contribution in [3.63, 3.8) is 0 Å². The highest BCUT2D eigenvalue weighted by Crippen LogP contribution is 2.48. The first-order valence-corrected chi connectivity index (χ1v) is 11.9. The molecule has 1 amide bonds. The second kappa shape index (κ2) is 8.94. The smallest absolute Gasteiger partial charge is 0.419 e. The van der Waals surface area contributed by atoms with Gasteiger partial charge in [0, 0.05) is 13.1 Å². The van der Waals surface area contributed by atoms with Crippen molar-refractivity contribution in [3.8, 4) is 12.1 Å². The maximum atomic E-state index is 13.5. The fourth-order valence-electron chi connectivity index (χ4n) is 4.83. The van der Waals surface area contributed by atoms with E-state index in [4.69, 9.17) is 22.2 Å². The Morgan fingerprint density at radius 3 is 2.33 bits per heavy atom. The van der Waals surface area contributed by atoms with Crippen LogP contribution in [0, 0.1) is 11.3 Å². The quantitative estimate of drug-likeness (QED) is 0.566. The normalized spacial score (nSPS) is 20.5. The van der Waals surface area contributed by atoms with E-state index in [0.717, 1.165) is 49.5 Å². The summed E-state index contributed by atoms with van der Waals surface area (Å²) in [5.74, 6) is -0.440. The largest absolute Gasteiger partial charge is 0.460 e. The third kappa shape index (κ3) is 4.04. The molecular weight excluding hydrogens is 495 g/mol. The maximum absolute atomic E-state index is 13.5. The number of halogens is 3. The van der Waals surface area contributed by atoms with Crippen molar-refractivity contribution in [2.75, 3.05) is 29.9 Å². The number of carbonyl (C=O) groups excluding carboxylic acids is 1. The highest BCUT2D eigenvalue weighted by Gasteiger charge is 2.60. The van der Waals surface area contributed by atoms with Crippen LogP contribution in [0.2, 0.25) is 0 Å². The van der Waals surface area contributed by atoms with Gasteiger partial charge < -0.3 is 9.64 Å². The Bertz CT molecular complexity index is 1240. The van der Waals surface area contributed by atoms with Crippen LogP contribution in [-0.2, 0) is 11.0 Å². The van der Waals surface area contributed by atoms with Crippen molar-refractivity contribution in [3.05, 3.63) is 35.9 Å². The fraction of sp³-hybridized carbons (Fsp3) is 0.478. The second-order valence-electron chi connectivity index (χ2n) is 9.19. The number of alkyl halides is 3. The average molecular weight is 518 g/mol. The number of hydrogen-bond donors (Lipinski definition) is 0. The number of nitrogens with zero attached hydrogens (tertiary/aromatic N) is 7. The number of rotatable bonds is 4. The number of aromatic nitrogens is 3. The zero-order valence-electron chi connectivity index (χ0n) is 19.3. The molecule has 3 fully saturated rings. The summed E-state index contributed by atoms with van der Waals surface area (Å²) in [5.41, 5.74) is -2.72. The van der Waals surface area contributed by atoms with Crippen molar-refractivity contribution < 1.29 is 22.7 Å². The van der Waals surface area contributed by atoms with Crippen LogP contribution >= 0.6 is 12.2 Å². The molecule has 0 radical (unpaired) electrons. The SMILES string of the molecule is CN1CCC(Oc2ncc(N3C(=S)N(c4cnc(C#N)c(C(F)(F)F)c4)C(=O)C34CCC4)cn2)CC1.